The van der Waals surface area contributed by atoms with E-state index in [9.17, 15) is 9.59 Å². The SMILES string of the molecule is CN1CCN(C(=O)c2cncc(C(=O)Nc3cccc(Cl)c3Cl)c2)CC1. The number of nitrogens with one attached hydrogen (secondary N) is 1. The highest BCUT2D eigenvalue weighted by Crippen LogP contribution is 2.29. The van der Waals surface area contributed by atoms with Gasteiger partial charge in [-0.05, 0) is 25.2 Å². The number of piperazine rings is 1. The Morgan fingerprint density at radius 3 is 2.50 bits per heavy atom. The maximum atomic E-state index is 12.6. The monoisotopic (exact) mass is 392 g/mol. The first-order chi connectivity index (χ1) is 12.5. The van der Waals surface area contributed by atoms with Crippen LogP contribution in [0.2, 0.25) is 10.0 Å². The van der Waals surface area contributed by atoms with E-state index in [1.165, 1.54) is 12.4 Å². The molecule has 0 unspecified atom stereocenters. The van der Waals surface area contributed by atoms with Gasteiger partial charge in [-0.1, -0.05) is 29.3 Å². The van der Waals surface area contributed by atoms with Crippen molar-refractivity contribution in [3.8, 4) is 0 Å². The molecule has 0 saturated carbocycles. The molecule has 26 heavy (non-hydrogen) atoms. The predicted octanol–water partition coefficient (Wildman–Crippen LogP) is 3.03. The van der Waals surface area contributed by atoms with Crippen LogP contribution in [0, 0.1) is 0 Å². The predicted molar refractivity (Wildman–Crippen MR) is 102 cm³/mol. The molecule has 6 nitrogen and oxygen atoms in total. The van der Waals surface area contributed by atoms with Crippen molar-refractivity contribution < 1.29 is 9.59 Å². The normalized spacial score (nSPS) is 15.0. The zero-order chi connectivity index (χ0) is 18.7. The maximum absolute atomic E-state index is 12.6. The quantitative estimate of drug-likeness (QED) is 0.871. The molecule has 1 aliphatic rings. The van der Waals surface area contributed by atoms with Gasteiger partial charge in [0.2, 0.25) is 0 Å². The zero-order valence-corrected chi connectivity index (χ0v) is 15.7. The number of benzene rings is 1. The molecule has 1 aliphatic heterocycles. The zero-order valence-electron chi connectivity index (χ0n) is 14.2. The molecule has 0 bridgehead atoms. The number of nitrogens with zero attached hydrogens (tertiary/aromatic N) is 3. The van der Waals surface area contributed by atoms with Crippen LogP contribution in [0.3, 0.4) is 0 Å². The Morgan fingerprint density at radius 2 is 1.77 bits per heavy atom. The number of pyridine rings is 1. The van der Waals surface area contributed by atoms with Crippen LogP contribution < -0.4 is 5.32 Å². The summed E-state index contributed by atoms with van der Waals surface area (Å²) in [5, 5.41) is 3.30. The van der Waals surface area contributed by atoms with Gasteiger partial charge in [0.15, 0.2) is 0 Å². The minimum absolute atomic E-state index is 0.124. The van der Waals surface area contributed by atoms with Crippen LogP contribution in [0.15, 0.2) is 36.7 Å². The Labute approximate surface area is 161 Å². The van der Waals surface area contributed by atoms with Crippen molar-refractivity contribution in [2.75, 3.05) is 38.5 Å². The van der Waals surface area contributed by atoms with E-state index in [0.717, 1.165) is 13.1 Å². The van der Waals surface area contributed by atoms with Crippen molar-refractivity contribution in [2.45, 2.75) is 0 Å². The lowest BCUT2D eigenvalue weighted by atomic mass is 10.1. The number of hydrogen-bond acceptors (Lipinski definition) is 4. The summed E-state index contributed by atoms with van der Waals surface area (Å²) in [4.78, 5) is 33.1. The molecule has 1 fully saturated rings. The van der Waals surface area contributed by atoms with Crippen LogP contribution in [0.1, 0.15) is 20.7 Å². The van der Waals surface area contributed by atoms with Crippen molar-refractivity contribution in [1.29, 1.82) is 0 Å². The third-order valence-corrected chi connectivity index (χ3v) is 5.06. The number of carbonyl (C=O) groups excluding carboxylic acids is 2. The number of aromatic nitrogens is 1. The van der Waals surface area contributed by atoms with Gasteiger partial charge in [-0.2, -0.15) is 0 Å². The molecule has 8 heteroatoms. The molecule has 0 atom stereocenters. The summed E-state index contributed by atoms with van der Waals surface area (Å²) in [6.45, 7) is 2.97. The lowest BCUT2D eigenvalue weighted by molar-refractivity contribution is 0.0663. The molecule has 0 aliphatic carbocycles. The lowest BCUT2D eigenvalue weighted by Crippen LogP contribution is -2.47. The van der Waals surface area contributed by atoms with Gasteiger partial charge >= 0.3 is 0 Å². The summed E-state index contributed by atoms with van der Waals surface area (Å²) in [7, 11) is 2.02. The lowest BCUT2D eigenvalue weighted by Gasteiger charge is -2.32. The average molecular weight is 393 g/mol. The van der Waals surface area contributed by atoms with Crippen molar-refractivity contribution in [3.63, 3.8) is 0 Å². The maximum Gasteiger partial charge on any atom is 0.257 e. The summed E-state index contributed by atoms with van der Waals surface area (Å²) in [5.41, 5.74) is 1.07. The van der Waals surface area contributed by atoms with Gasteiger partial charge in [-0.15, -0.1) is 0 Å². The van der Waals surface area contributed by atoms with Gasteiger partial charge in [-0.25, -0.2) is 0 Å². The Bertz CT molecular complexity index is 836. The van der Waals surface area contributed by atoms with Crippen molar-refractivity contribution in [2.24, 2.45) is 0 Å². The molecule has 136 valence electrons. The number of anilines is 1. The summed E-state index contributed by atoms with van der Waals surface area (Å²) in [6, 6.07) is 6.52. The second kappa shape index (κ2) is 8.03. The standard InChI is InChI=1S/C18H18Cl2N4O2/c1-23-5-7-24(8-6-23)18(26)13-9-12(10-21-11-13)17(25)22-15-4-2-3-14(19)16(15)20/h2-4,9-11H,5-8H2,1H3,(H,22,25). The molecule has 2 amide bonds. The van der Waals surface area contributed by atoms with Gasteiger partial charge in [0, 0.05) is 38.6 Å². The highest BCUT2D eigenvalue weighted by molar-refractivity contribution is 6.44. The average Bonchev–Trinajstić information content (AvgIpc) is 2.65. The summed E-state index contributed by atoms with van der Waals surface area (Å²) in [5.74, 6) is -0.532. The first-order valence-corrected chi connectivity index (χ1v) is 8.89. The number of halogens is 2. The number of likely N-dealkylation sites (N-methyl/N-ethyl adjacent to an activating group) is 1. The van der Waals surface area contributed by atoms with E-state index in [1.807, 2.05) is 7.05 Å². The Kier molecular flexibility index (Phi) is 5.76. The van der Waals surface area contributed by atoms with Crippen LogP contribution >= 0.6 is 23.2 Å². The van der Waals surface area contributed by atoms with Crippen LogP contribution in [0.25, 0.3) is 0 Å². The van der Waals surface area contributed by atoms with E-state index in [2.05, 4.69) is 15.2 Å². The molecule has 1 aromatic carbocycles. The van der Waals surface area contributed by atoms with E-state index in [4.69, 9.17) is 23.2 Å². The Morgan fingerprint density at radius 1 is 1.08 bits per heavy atom. The third kappa shape index (κ3) is 4.15. The smallest absolute Gasteiger partial charge is 0.257 e. The number of carbonyl (C=O) groups is 2. The minimum Gasteiger partial charge on any atom is -0.336 e. The van der Waals surface area contributed by atoms with Crippen LogP contribution in [-0.4, -0.2) is 59.8 Å². The molecular weight excluding hydrogens is 375 g/mol. The van der Waals surface area contributed by atoms with E-state index in [1.54, 1.807) is 29.2 Å². The van der Waals surface area contributed by atoms with Crippen molar-refractivity contribution >= 4 is 40.7 Å². The molecule has 1 saturated heterocycles. The summed E-state index contributed by atoms with van der Waals surface area (Å²) >= 11 is 12.0. The fraction of sp³-hybridized carbons (Fsp3) is 0.278. The Hall–Kier alpha value is -2.15. The summed E-state index contributed by atoms with van der Waals surface area (Å²) < 4.78 is 0. The van der Waals surface area contributed by atoms with E-state index >= 15 is 0 Å². The Balaban J connectivity index is 1.75. The molecule has 2 heterocycles. The highest BCUT2D eigenvalue weighted by Gasteiger charge is 2.21. The third-order valence-electron chi connectivity index (χ3n) is 4.24. The number of rotatable bonds is 3. The fourth-order valence-corrected chi connectivity index (χ4v) is 3.02. The topological polar surface area (TPSA) is 65.5 Å². The first-order valence-electron chi connectivity index (χ1n) is 8.14. The molecule has 1 aromatic heterocycles. The molecule has 1 N–H and O–H groups in total. The van der Waals surface area contributed by atoms with Crippen molar-refractivity contribution in [1.82, 2.24) is 14.8 Å². The number of hydrogen-bond donors (Lipinski definition) is 1. The van der Waals surface area contributed by atoms with Crippen molar-refractivity contribution in [3.05, 3.63) is 57.8 Å². The minimum atomic E-state index is -0.408. The van der Waals surface area contributed by atoms with E-state index in [-0.39, 0.29) is 16.5 Å². The molecular formula is C18H18Cl2N4O2. The van der Waals surface area contributed by atoms with Crippen LogP contribution in [-0.2, 0) is 0 Å². The molecule has 2 aromatic rings. The van der Waals surface area contributed by atoms with Gasteiger partial charge in [0.05, 0.1) is 26.9 Å². The first kappa shape index (κ1) is 18.6. The second-order valence-corrected chi connectivity index (χ2v) is 6.90. The van der Waals surface area contributed by atoms with Gasteiger partial charge in [-0.3, -0.25) is 14.6 Å². The summed E-state index contributed by atoms with van der Waals surface area (Å²) in [6.07, 6.45) is 2.89. The fourth-order valence-electron chi connectivity index (χ4n) is 2.67. The van der Waals surface area contributed by atoms with E-state index < -0.39 is 5.91 Å². The molecule has 0 radical (unpaired) electrons. The second-order valence-electron chi connectivity index (χ2n) is 6.11. The number of amides is 2. The van der Waals surface area contributed by atoms with E-state index in [0.29, 0.717) is 29.4 Å². The van der Waals surface area contributed by atoms with Gasteiger partial charge in [0.25, 0.3) is 11.8 Å². The van der Waals surface area contributed by atoms with Gasteiger partial charge < -0.3 is 15.1 Å². The van der Waals surface area contributed by atoms with Crippen LogP contribution in [0.5, 0.6) is 0 Å². The molecule has 0 spiro atoms. The largest absolute Gasteiger partial charge is 0.336 e. The molecule has 3 rings (SSSR count). The van der Waals surface area contributed by atoms with Crippen LogP contribution in [0.4, 0.5) is 5.69 Å². The highest BCUT2D eigenvalue weighted by atomic mass is 35.5. The van der Waals surface area contributed by atoms with Gasteiger partial charge in [0.1, 0.15) is 0 Å².